The highest BCUT2D eigenvalue weighted by molar-refractivity contribution is 6.04. The topological polar surface area (TPSA) is 109 Å². The highest BCUT2D eigenvalue weighted by Crippen LogP contribution is 2.75. The van der Waals surface area contributed by atoms with Crippen LogP contribution >= 0.6 is 0 Å². The highest BCUT2D eigenvalue weighted by atomic mass is 16.2. The van der Waals surface area contributed by atoms with Crippen molar-refractivity contribution in [2.24, 2.45) is 62.4 Å². The Morgan fingerprint density at radius 1 is 0.868 bits per heavy atom. The maximum atomic E-state index is 14.5. The van der Waals surface area contributed by atoms with E-state index in [0.29, 0.717) is 35.4 Å². The second-order valence-electron chi connectivity index (χ2n) is 19.4. The lowest BCUT2D eigenvalue weighted by Crippen LogP contribution is -2.65. The predicted molar refractivity (Wildman–Crippen MR) is 218 cm³/mol. The van der Waals surface area contributed by atoms with Crippen molar-refractivity contribution in [1.29, 1.82) is 0 Å². The van der Waals surface area contributed by atoms with E-state index in [0.717, 1.165) is 121 Å². The molecule has 9 atom stereocenters. The zero-order valence-electron chi connectivity index (χ0n) is 34.4. The van der Waals surface area contributed by atoms with Crippen molar-refractivity contribution in [1.82, 2.24) is 20.9 Å². The Morgan fingerprint density at radius 2 is 1.55 bits per heavy atom. The molecule has 7 nitrogen and oxygen atoms in total. The number of allylic oxidation sites excluding steroid dienone is 3. The van der Waals surface area contributed by atoms with E-state index in [4.69, 9.17) is 5.73 Å². The summed E-state index contributed by atoms with van der Waals surface area (Å²) in [5, 5.41) is 10.5. The van der Waals surface area contributed by atoms with Crippen LogP contribution in [0.15, 0.2) is 41.7 Å². The molecule has 0 aromatic carbocycles. The Kier molecular flexibility index (Phi) is 12.2. The average Bonchev–Trinajstić information content (AvgIpc) is 3.13. The minimum atomic E-state index is -0.400. The normalized spacial score (nSPS) is 38.3. The average molecular weight is 728 g/mol. The third-order valence-corrected chi connectivity index (χ3v) is 16.4. The molecule has 4 fully saturated rings. The molecule has 1 heterocycles. The van der Waals surface area contributed by atoms with Gasteiger partial charge in [0, 0.05) is 24.4 Å². The van der Waals surface area contributed by atoms with E-state index in [-0.39, 0.29) is 27.6 Å². The van der Waals surface area contributed by atoms with Gasteiger partial charge in [-0.05, 0) is 185 Å². The molecule has 1 amide bonds. The van der Waals surface area contributed by atoms with Gasteiger partial charge in [-0.2, -0.15) is 0 Å². The molecule has 0 saturated heterocycles. The summed E-state index contributed by atoms with van der Waals surface area (Å²) in [6, 6.07) is 4.04. The van der Waals surface area contributed by atoms with Gasteiger partial charge in [-0.1, -0.05) is 60.1 Å². The summed E-state index contributed by atoms with van der Waals surface area (Å²) in [7, 11) is 0. The van der Waals surface area contributed by atoms with Gasteiger partial charge < -0.3 is 21.7 Å². The third kappa shape index (κ3) is 7.14. The number of nitrogens with two attached hydrogens (primary N) is 1. The molecule has 7 heteroatoms. The number of pyridine rings is 1. The fourth-order valence-electron chi connectivity index (χ4n) is 13.1. The number of fused-ring (bicyclic) bond motifs is 7. The summed E-state index contributed by atoms with van der Waals surface area (Å²) < 4.78 is 0. The summed E-state index contributed by atoms with van der Waals surface area (Å²) >= 11 is 0. The van der Waals surface area contributed by atoms with E-state index in [1.54, 1.807) is 5.57 Å². The molecule has 4 saturated carbocycles. The summed E-state index contributed by atoms with van der Waals surface area (Å²) in [6.07, 6.45) is 21.1. The van der Waals surface area contributed by atoms with Gasteiger partial charge in [-0.3, -0.25) is 14.6 Å². The molecule has 6 rings (SSSR count). The van der Waals surface area contributed by atoms with Crippen molar-refractivity contribution in [3.8, 4) is 0 Å². The lowest BCUT2D eigenvalue weighted by molar-refractivity contribution is -0.181. The Balaban J connectivity index is 1.19. The van der Waals surface area contributed by atoms with Crippen molar-refractivity contribution in [2.75, 3.05) is 39.3 Å². The number of rotatable bonds is 14. The number of nitrogens with one attached hydrogen (secondary N) is 3. The molecule has 1 aromatic rings. The molecule has 5 N–H and O–H groups in total. The van der Waals surface area contributed by atoms with Crippen LogP contribution < -0.4 is 21.7 Å². The first-order chi connectivity index (χ1) is 25.3. The fourth-order valence-corrected chi connectivity index (χ4v) is 13.1. The first-order valence-electron chi connectivity index (χ1n) is 21.5. The number of unbranched alkanes of at least 4 members (excludes halogenated alkanes) is 1. The van der Waals surface area contributed by atoms with Crippen LogP contribution in [0.25, 0.3) is 6.08 Å². The number of Topliss-reactive ketones (excluding diaryl/α,β-unsaturated/α-hetero) is 1. The smallest absolute Gasteiger partial charge is 0.226 e. The van der Waals surface area contributed by atoms with Crippen LogP contribution in [0.4, 0.5) is 0 Å². The van der Waals surface area contributed by atoms with E-state index >= 15 is 0 Å². The van der Waals surface area contributed by atoms with Crippen LogP contribution in [0.1, 0.15) is 131 Å². The van der Waals surface area contributed by atoms with Crippen molar-refractivity contribution in [2.45, 2.75) is 126 Å². The van der Waals surface area contributed by atoms with Crippen molar-refractivity contribution in [3.05, 3.63) is 47.3 Å². The summed E-state index contributed by atoms with van der Waals surface area (Å²) in [6.45, 7) is 22.6. The molecule has 294 valence electrons. The second-order valence-corrected chi connectivity index (χ2v) is 19.4. The number of amides is 1. The highest BCUT2D eigenvalue weighted by Gasteiger charge is 2.69. The molecule has 53 heavy (non-hydrogen) atoms. The van der Waals surface area contributed by atoms with E-state index < -0.39 is 5.41 Å². The molecular weight excluding hydrogens is 655 g/mol. The molecule has 0 radical (unpaired) electrons. The zero-order chi connectivity index (χ0) is 38.1. The van der Waals surface area contributed by atoms with Crippen LogP contribution in [-0.4, -0.2) is 55.9 Å². The number of hydrogen-bond donors (Lipinski definition) is 4. The standard InChI is InChI=1S/C46H73N5O2/c1-32-14-19-46(41(53)51-27-11-26-49-24-9-8-23-48-25-10-22-47)21-20-44(6)36(39(46)33(32)2)12-13-38-43(5)31-35(30-34-16-28-50-29-17-34)40(52)42(3,4)37(43)15-18-45(38,44)7/h12,16-17,28-30,32-33,37-39,48-49H,8-11,13-15,18-27,31,47H2,1-7H3,(H,51,53)/b35-30-/t32-,33+,37+,38-,39+,43+,44-,45-,46+/m1/s1. The van der Waals surface area contributed by atoms with Gasteiger partial charge in [0.2, 0.25) is 5.91 Å². The first-order valence-corrected chi connectivity index (χ1v) is 21.5. The van der Waals surface area contributed by atoms with Gasteiger partial charge in [0.1, 0.15) is 0 Å². The van der Waals surface area contributed by atoms with Crippen LogP contribution in [0.2, 0.25) is 0 Å². The molecule has 1 aromatic heterocycles. The zero-order valence-corrected chi connectivity index (χ0v) is 34.4. The minimum Gasteiger partial charge on any atom is -0.356 e. The lowest BCUT2D eigenvalue weighted by Gasteiger charge is -2.71. The minimum absolute atomic E-state index is 0.0150. The number of carbonyl (C=O) groups excluding carboxylic acids is 2. The Labute approximate surface area is 322 Å². The van der Waals surface area contributed by atoms with E-state index in [1.807, 2.05) is 24.5 Å². The lowest BCUT2D eigenvalue weighted by atomic mass is 9.33. The van der Waals surface area contributed by atoms with Crippen LogP contribution in [0, 0.1) is 56.7 Å². The number of carbonyl (C=O) groups is 2. The predicted octanol–water partition coefficient (Wildman–Crippen LogP) is 8.12. The second kappa shape index (κ2) is 16.0. The maximum absolute atomic E-state index is 14.5. The Morgan fingerprint density at radius 3 is 2.25 bits per heavy atom. The number of ketones is 1. The molecule has 5 aliphatic rings. The Hall–Kier alpha value is -2.35. The molecule has 5 aliphatic carbocycles. The van der Waals surface area contributed by atoms with Gasteiger partial charge in [0.25, 0.3) is 0 Å². The van der Waals surface area contributed by atoms with Gasteiger partial charge in [-0.25, -0.2) is 0 Å². The molecule has 0 aliphatic heterocycles. The van der Waals surface area contributed by atoms with Gasteiger partial charge >= 0.3 is 0 Å². The molecule has 0 spiro atoms. The van der Waals surface area contributed by atoms with Crippen molar-refractivity contribution >= 4 is 17.8 Å². The fraction of sp³-hybridized carbons (Fsp3) is 0.761. The third-order valence-electron chi connectivity index (χ3n) is 16.4. The SMILES string of the molecule is C[C@H]1[C@H](C)CC[C@]2(C(=O)NCCCNCCCCNCCCN)CC[C@]3(C)C(=CC[C@@H]4[C@@]5(C)C/C(=C/c6ccncc6)C(=O)C(C)(C)[C@@H]5CC[C@]43C)[C@H]12. The van der Waals surface area contributed by atoms with Gasteiger partial charge in [0.05, 0.1) is 5.41 Å². The molecular formula is C46H73N5O2. The number of aromatic nitrogens is 1. The Bertz CT molecular complexity index is 1520. The maximum Gasteiger partial charge on any atom is 0.226 e. The van der Waals surface area contributed by atoms with Crippen LogP contribution in [0.3, 0.4) is 0 Å². The summed E-state index contributed by atoms with van der Waals surface area (Å²) in [5.74, 6) is 2.84. The van der Waals surface area contributed by atoms with Gasteiger partial charge in [0.15, 0.2) is 5.78 Å². The quantitative estimate of drug-likeness (QED) is 0.0876. The van der Waals surface area contributed by atoms with Crippen molar-refractivity contribution < 1.29 is 9.59 Å². The van der Waals surface area contributed by atoms with Gasteiger partial charge in [-0.15, -0.1) is 0 Å². The van der Waals surface area contributed by atoms with E-state index in [1.165, 1.54) is 6.42 Å². The van der Waals surface area contributed by atoms with Crippen LogP contribution in [0.5, 0.6) is 0 Å². The van der Waals surface area contributed by atoms with Crippen LogP contribution in [-0.2, 0) is 9.59 Å². The summed E-state index contributed by atoms with van der Waals surface area (Å²) in [5.41, 5.74) is 8.68. The monoisotopic (exact) mass is 728 g/mol. The van der Waals surface area contributed by atoms with E-state index in [2.05, 4.69) is 81.6 Å². The molecule has 0 unspecified atom stereocenters. The molecule has 0 bridgehead atoms. The van der Waals surface area contributed by atoms with Crippen molar-refractivity contribution in [3.63, 3.8) is 0 Å². The van der Waals surface area contributed by atoms with E-state index in [9.17, 15) is 9.59 Å². The largest absolute Gasteiger partial charge is 0.356 e. The number of hydrogen-bond acceptors (Lipinski definition) is 6. The summed E-state index contributed by atoms with van der Waals surface area (Å²) in [4.78, 5) is 32.9. The number of nitrogens with zero attached hydrogens (tertiary/aromatic N) is 1. The first kappa shape index (κ1) is 40.3.